The first kappa shape index (κ1) is 18.6. The molecule has 0 aliphatic heterocycles. The van der Waals surface area contributed by atoms with E-state index in [1.807, 2.05) is 57.2 Å². The number of amides is 1. The van der Waals surface area contributed by atoms with Crippen LogP contribution in [0.5, 0.6) is 17.2 Å². The minimum absolute atomic E-state index is 0.00667. The average Bonchev–Trinajstić information content (AvgIpc) is 2.58. The summed E-state index contributed by atoms with van der Waals surface area (Å²) in [5.41, 5.74) is 3.25. The molecule has 0 saturated heterocycles. The molecule has 25 heavy (non-hydrogen) atoms. The Morgan fingerprint density at radius 1 is 0.960 bits per heavy atom. The molecule has 0 saturated carbocycles. The smallest absolute Gasteiger partial charge is 0.258 e. The second kappa shape index (κ2) is 8.97. The molecule has 0 bridgehead atoms. The Morgan fingerprint density at radius 3 is 2.16 bits per heavy atom. The molecule has 0 atom stereocenters. The molecule has 0 aromatic heterocycles. The number of benzene rings is 2. The number of carbonyl (C=O) groups is 1. The molecule has 0 heterocycles. The van der Waals surface area contributed by atoms with E-state index < -0.39 is 0 Å². The van der Waals surface area contributed by atoms with Crippen LogP contribution in [-0.2, 0) is 4.79 Å². The molecule has 0 unspecified atom stereocenters. The molecule has 2 aromatic carbocycles. The SMILES string of the molecule is COc1ccc(OCCNC(=O)COc2c(C)cc(C)cc2C)cc1. The maximum Gasteiger partial charge on any atom is 0.258 e. The summed E-state index contributed by atoms with van der Waals surface area (Å²) in [6, 6.07) is 11.4. The zero-order valence-electron chi connectivity index (χ0n) is 15.2. The van der Waals surface area contributed by atoms with Gasteiger partial charge in [-0.25, -0.2) is 0 Å². The molecule has 0 aliphatic rings. The van der Waals surface area contributed by atoms with Crippen LogP contribution in [0.2, 0.25) is 0 Å². The van der Waals surface area contributed by atoms with Crippen molar-refractivity contribution in [1.82, 2.24) is 5.32 Å². The molecule has 0 fully saturated rings. The van der Waals surface area contributed by atoms with Crippen LogP contribution in [0, 0.1) is 20.8 Å². The number of nitrogens with one attached hydrogen (secondary N) is 1. The third-order valence-corrected chi connectivity index (χ3v) is 3.70. The van der Waals surface area contributed by atoms with Gasteiger partial charge in [0.25, 0.3) is 5.91 Å². The predicted octanol–water partition coefficient (Wildman–Crippen LogP) is 3.19. The van der Waals surface area contributed by atoms with E-state index in [-0.39, 0.29) is 12.5 Å². The first-order valence-electron chi connectivity index (χ1n) is 8.24. The summed E-state index contributed by atoms with van der Waals surface area (Å²) < 4.78 is 16.3. The zero-order chi connectivity index (χ0) is 18.2. The van der Waals surface area contributed by atoms with Crippen molar-refractivity contribution in [2.75, 3.05) is 26.9 Å². The van der Waals surface area contributed by atoms with E-state index in [1.54, 1.807) is 7.11 Å². The fourth-order valence-electron chi connectivity index (χ4n) is 2.61. The third kappa shape index (κ3) is 5.71. The molecule has 2 rings (SSSR count). The molecule has 1 N–H and O–H groups in total. The standard InChI is InChI=1S/C20H25NO4/c1-14-11-15(2)20(16(3)12-14)25-13-19(22)21-9-10-24-18-7-5-17(23-4)6-8-18/h5-8,11-12H,9-10,13H2,1-4H3,(H,21,22). The normalized spacial score (nSPS) is 10.2. The van der Waals surface area contributed by atoms with Crippen molar-refractivity contribution in [2.45, 2.75) is 20.8 Å². The maximum absolute atomic E-state index is 11.9. The van der Waals surface area contributed by atoms with E-state index in [2.05, 4.69) is 5.32 Å². The lowest BCUT2D eigenvalue weighted by Crippen LogP contribution is -2.32. The Hall–Kier alpha value is -2.69. The highest BCUT2D eigenvalue weighted by Gasteiger charge is 2.08. The van der Waals surface area contributed by atoms with Crippen LogP contribution in [0.15, 0.2) is 36.4 Å². The minimum Gasteiger partial charge on any atom is -0.497 e. The first-order chi connectivity index (χ1) is 12.0. The second-order valence-electron chi connectivity index (χ2n) is 5.89. The van der Waals surface area contributed by atoms with Crippen molar-refractivity contribution in [1.29, 1.82) is 0 Å². The van der Waals surface area contributed by atoms with Crippen molar-refractivity contribution in [3.05, 3.63) is 53.1 Å². The van der Waals surface area contributed by atoms with Crippen molar-refractivity contribution < 1.29 is 19.0 Å². The maximum atomic E-state index is 11.9. The van der Waals surface area contributed by atoms with Gasteiger partial charge in [-0.3, -0.25) is 4.79 Å². The van der Waals surface area contributed by atoms with E-state index in [0.29, 0.717) is 13.2 Å². The third-order valence-electron chi connectivity index (χ3n) is 3.70. The molecule has 1 amide bonds. The molecule has 2 aromatic rings. The summed E-state index contributed by atoms with van der Waals surface area (Å²) in [4.78, 5) is 11.9. The number of rotatable bonds is 8. The van der Waals surface area contributed by atoms with Gasteiger partial charge >= 0.3 is 0 Å². The fourth-order valence-corrected chi connectivity index (χ4v) is 2.61. The molecule has 134 valence electrons. The number of methoxy groups -OCH3 is 1. The van der Waals surface area contributed by atoms with Crippen molar-refractivity contribution in [2.24, 2.45) is 0 Å². The van der Waals surface area contributed by atoms with Gasteiger partial charge in [-0.2, -0.15) is 0 Å². The lowest BCUT2D eigenvalue weighted by atomic mass is 10.1. The number of carbonyl (C=O) groups excluding carboxylic acids is 1. The van der Waals surface area contributed by atoms with Gasteiger partial charge in [0.05, 0.1) is 13.7 Å². The summed E-state index contributed by atoms with van der Waals surface area (Å²) in [5, 5.41) is 2.78. The molecule has 0 aliphatic carbocycles. The average molecular weight is 343 g/mol. The van der Waals surface area contributed by atoms with Gasteiger partial charge < -0.3 is 19.5 Å². The highest BCUT2D eigenvalue weighted by Crippen LogP contribution is 2.24. The number of aryl methyl sites for hydroxylation is 3. The van der Waals surface area contributed by atoms with Crippen LogP contribution < -0.4 is 19.5 Å². The van der Waals surface area contributed by atoms with E-state index in [4.69, 9.17) is 14.2 Å². The number of hydrogen-bond acceptors (Lipinski definition) is 4. The van der Waals surface area contributed by atoms with Gasteiger partial charge in [0.15, 0.2) is 6.61 Å². The summed E-state index contributed by atoms with van der Waals surface area (Å²) >= 11 is 0. The summed E-state index contributed by atoms with van der Waals surface area (Å²) in [7, 11) is 1.62. The number of ether oxygens (including phenoxy) is 3. The quantitative estimate of drug-likeness (QED) is 0.748. The molecule has 0 radical (unpaired) electrons. The second-order valence-corrected chi connectivity index (χ2v) is 5.89. The Labute approximate surface area is 148 Å². The lowest BCUT2D eigenvalue weighted by Gasteiger charge is -2.13. The van der Waals surface area contributed by atoms with E-state index in [1.165, 1.54) is 5.56 Å². The van der Waals surface area contributed by atoms with Gasteiger partial charge in [0.2, 0.25) is 0 Å². The van der Waals surface area contributed by atoms with Gasteiger partial charge in [0, 0.05) is 0 Å². The Morgan fingerprint density at radius 2 is 1.56 bits per heavy atom. The minimum atomic E-state index is -0.169. The Kier molecular flexibility index (Phi) is 6.69. The van der Waals surface area contributed by atoms with Crippen LogP contribution in [0.25, 0.3) is 0 Å². The number of hydrogen-bond donors (Lipinski definition) is 1. The van der Waals surface area contributed by atoms with Crippen LogP contribution >= 0.6 is 0 Å². The monoisotopic (exact) mass is 343 g/mol. The molecular formula is C20H25NO4. The highest BCUT2D eigenvalue weighted by molar-refractivity contribution is 5.77. The Bertz CT molecular complexity index is 687. The molecule has 5 heteroatoms. The Balaban J connectivity index is 1.70. The van der Waals surface area contributed by atoms with Crippen molar-refractivity contribution in [3.63, 3.8) is 0 Å². The first-order valence-corrected chi connectivity index (χ1v) is 8.24. The van der Waals surface area contributed by atoms with Gasteiger partial charge in [-0.15, -0.1) is 0 Å². The van der Waals surface area contributed by atoms with Crippen LogP contribution in [0.4, 0.5) is 0 Å². The van der Waals surface area contributed by atoms with Crippen molar-refractivity contribution in [3.8, 4) is 17.2 Å². The summed E-state index contributed by atoms with van der Waals surface area (Å²) in [6.45, 7) is 6.80. The molecule has 0 spiro atoms. The van der Waals surface area contributed by atoms with Crippen molar-refractivity contribution >= 4 is 5.91 Å². The zero-order valence-corrected chi connectivity index (χ0v) is 15.2. The lowest BCUT2D eigenvalue weighted by molar-refractivity contribution is -0.123. The summed E-state index contributed by atoms with van der Waals surface area (Å²) in [6.07, 6.45) is 0. The molecular weight excluding hydrogens is 318 g/mol. The highest BCUT2D eigenvalue weighted by atomic mass is 16.5. The van der Waals surface area contributed by atoms with Gasteiger partial charge in [-0.1, -0.05) is 17.7 Å². The van der Waals surface area contributed by atoms with Gasteiger partial charge in [-0.05, 0) is 56.2 Å². The van der Waals surface area contributed by atoms with Gasteiger partial charge in [0.1, 0.15) is 23.9 Å². The molecule has 5 nitrogen and oxygen atoms in total. The van der Waals surface area contributed by atoms with E-state index >= 15 is 0 Å². The summed E-state index contributed by atoms with van der Waals surface area (Å²) in [5.74, 6) is 2.12. The van der Waals surface area contributed by atoms with Crippen LogP contribution in [0.3, 0.4) is 0 Å². The fraction of sp³-hybridized carbons (Fsp3) is 0.350. The van der Waals surface area contributed by atoms with Crippen LogP contribution in [0.1, 0.15) is 16.7 Å². The van der Waals surface area contributed by atoms with Crippen LogP contribution in [-0.4, -0.2) is 32.8 Å². The van der Waals surface area contributed by atoms with E-state index in [9.17, 15) is 4.79 Å². The van der Waals surface area contributed by atoms with E-state index in [0.717, 1.165) is 28.4 Å². The predicted molar refractivity (Wildman–Crippen MR) is 97.6 cm³/mol. The largest absolute Gasteiger partial charge is 0.497 e. The topological polar surface area (TPSA) is 56.8 Å².